The Morgan fingerprint density at radius 2 is 1.57 bits per heavy atom. The van der Waals surface area contributed by atoms with Crippen LogP contribution in [0.1, 0.15) is 34.6 Å². The van der Waals surface area contributed by atoms with Crippen molar-refractivity contribution in [3.8, 4) is 0 Å². The fraction of sp³-hybridized carbons (Fsp3) is 1.00. The van der Waals surface area contributed by atoms with Crippen LogP contribution in [0.2, 0.25) is 0 Å². The number of nitrogens with zero attached hydrogens (tertiary/aromatic N) is 1. The Morgan fingerprint density at radius 3 is 1.93 bits per heavy atom. The number of nitrogens with one attached hydrogen (secondary N) is 1. The minimum atomic E-state index is -0.249. The molecule has 0 aliphatic rings. The third-order valence-corrected chi connectivity index (χ3v) is 2.31. The van der Waals surface area contributed by atoms with Gasteiger partial charge in [-0.1, -0.05) is 0 Å². The molecule has 0 amide bonds. The molecule has 0 radical (unpaired) electrons. The van der Waals surface area contributed by atoms with Gasteiger partial charge in [0.1, 0.15) is 0 Å². The van der Waals surface area contributed by atoms with Crippen molar-refractivity contribution in [2.75, 3.05) is 19.6 Å². The van der Waals surface area contributed by atoms with E-state index < -0.39 is 0 Å². The van der Waals surface area contributed by atoms with Gasteiger partial charge in [-0.3, -0.25) is 4.90 Å². The molecule has 86 valence electrons. The normalized spacial score (nSPS) is 14.4. The average Bonchev–Trinajstić information content (AvgIpc) is 2.01. The molecule has 0 aromatic carbocycles. The van der Waals surface area contributed by atoms with Crippen molar-refractivity contribution in [1.29, 1.82) is 0 Å². The minimum Gasteiger partial charge on any atom is -0.392 e. The van der Waals surface area contributed by atoms with Gasteiger partial charge in [0.2, 0.25) is 0 Å². The van der Waals surface area contributed by atoms with Gasteiger partial charge < -0.3 is 10.4 Å². The van der Waals surface area contributed by atoms with Gasteiger partial charge in [0.05, 0.1) is 6.10 Å². The third kappa shape index (κ3) is 6.35. The van der Waals surface area contributed by atoms with Crippen molar-refractivity contribution in [2.24, 2.45) is 0 Å². The second-order valence-corrected chi connectivity index (χ2v) is 4.48. The zero-order chi connectivity index (χ0) is 11.1. The van der Waals surface area contributed by atoms with Gasteiger partial charge in [-0.2, -0.15) is 0 Å². The van der Waals surface area contributed by atoms with Crippen molar-refractivity contribution >= 4 is 0 Å². The second kappa shape index (κ2) is 7.21. The van der Waals surface area contributed by atoms with Gasteiger partial charge in [-0.15, -0.1) is 0 Å². The molecule has 0 heterocycles. The van der Waals surface area contributed by atoms with Crippen LogP contribution in [0.25, 0.3) is 0 Å². The summed E-state index contributed by atoms with van der Waals surface area (Å²) in [5, 5.41) is 12.3. The summed E-state index contributed by atoms with van der Waals surface area (Å²) >= 11 is 0. The van der Waals surface area contributed by atoms with Crippen LogP contribution >= 0.6 is 0 Å². The molecule has 0 aliphatic heterocycles. The molecule has 3 nitrogen and oxygen atoms in total. The lowest BCUT2D eigenvalue weighted by molar-refractivity contribution is 0.164. The first-order valence-corrected chi connectivity index (χ1v) is 5.59. The van der Waals surface area contributed by atoms with E-state index >= 15 is 0 Å². The van der Waals surface area contributed by atoms with E-state index in [9.17, 15) is 0 Å². The van der Waals surface area contributed by atoms with E-state index in [0.717, 1.165) is 13.1 Å². The summed E-state index contributed by atoms with van der Waals surface area (Å²) < 4.78 is 0. The molecule has 2 N–H and O–H groups in total. The highest BCUT2D eigenvalue weighted by Gasteiger charge is 2.11. The Hall–Kier alpha value is -0.120. The van der Waals surface area contributed by atoms with Gasteiger partial charge in [-0.25, -0.2) is 0 Å². The average molecular weight is 202 g/mol. The van der Waals surface area contributed by atoms with Crippen LogP contribution in [0, 0.1) is 0 Å². The number of aliphatic hydroxyl groups excluding tert-OH is 1. The molecule has 0 rings (SSSR count). The zero-order valence-corrected chi connectivity index (χ0v) is 10.2. The lowest BCUT2D eigenvalue weighted by Crippen LogP contribution is -2.42. The standard InChI is InChI=1S/C11H26N2O/c1-9(2)13(10(3)4)7-6-12-8-11(5)14/h9-12,14H,6-8H2,1-5H3. The second-order valence-electron chi connectivity index (χ2n) is 4.48. The predicted octanol–water partition coefficient (Wildman–Crippen LogP) is 1.08. The minimum absolute atomic E-state index is 0.249. The number of rotatable bonds is 7. The Labute approximate surface area is 88.5 Å². The molecule has 0 fully saturated rings. The lowest BCUT2D eigenvalue weighted by Gasteiger charge is -2.30. The van der Waals surface area contributed by atoms with Gasteiger partial charge in [-0.05, 0) is 34.6 Å². The van der Waals surface area contributed by atoms with Gasteiger partial charge in [0.15, 0.2) is 0 Å². The maximum atomic E-state index is 9.06. The smallest absolute Gasteiger partial charge is 0.0636 e. The van der Waals surface area contributed by atoms with E-state index in [1.807, 2.05) is 0 Å². The van der Waals surface area contributed by atoms with Crippen LogP contribution in [0.4, 0.5) is 0 Å². The first-order valence-electron chi connectivity index (χ1n) is 5.59. The molecule has 0 aliphatic carbocycles. The number of aliphatic hydroxyl groups is 1. The van der Waals surface area contributed by atoms with Crippen LogP contribution in [-0.2, 0) is 0 Å². The van der Waals surface area contributed by atoms with E-state index in [0.29, 0.717) is 18.6 Å². The molecule has 0 bridgehead atoms. The van der Waals surface area contributed by atoms with Crippen molar-refractivity contribution in [3.05, 3.63) is 0 Å². The van der Waals surface area contributed by atoms with Gasteiger partial charge in [0, 0.05) is 31.7 Å². The summed E-state index contributed by atoms with van der Waals surface area (Å²) in [6.07, 6.45) is -0.249. The lowest BCUT2D eigenvalue weighted by atomic mass is 10.2. The highest BCUT2D eigenvalue weighted by Crippen LogP contribution is 2.02. The summed E-state index contributed by atoms with van der Waals surface area (Å²) in [5.41, 5.74) is 0. The van der Waals surface area contributed by atoms with Gasteiger partial charge in [0.25, 0.3) is 0 Å². The molecular formula is C11H26N2O. The SMILES string of the molecule is CC(O)CNCCN(C(C)C)C(C)C. The van der Waals surface area contributed by atoms with E-state index in [4.69, 9.17) is 5.11 Å². The van der Waals surface area contributed by atoms with E-state index in [-0.39, 0.29) is 6.10 Å². The molecule has 1 unspecified atom stereocenters. The molecule has 0 saturated heterocycles. The largest absolute Gasteiger partial charge is 0.392 e. The van der Waals surface area contributed by atoms with E-state index in [1.54, 1.807) is 6.92 Å². The van der Waals surface area contributed by atoms with Crippen molar-refractivity contribution in [1.82, 2.24) is 10.2 Å². The van der Waals surface area contributed by atoms with Crippen LogP contribution < -0.4 is 5.32 Å². The third-order valence-electron chi connectivity index (χ3n) is 2.31. The number of hydrogen-bond acceptors (Lipinski definition) is 3. The molecule has 1 atom stereocenters. The molecule has 0 spiro atoms. The Kier molecular flexibility index (Phi) is 7.15. The molecule has 3 heteroatoms. The summed E-state index contributed by atoms with van der Waals surface area (Å²) in [4.78, 5) is 2.44. The molecule has 14 heavy (non-hydrogen) atoms. The summed E-state index contributed by atoms with van der Waals surface area (Å²) in [6.45, 7) is 13.3. The maximum Gasteiger partial charge on any atom is 0.0636 e. The van der Waals surface area contributed by atoms with Crippen LogP contribution in [0.15, 0.2) is 0 Å². The Morgan fingerprint density at radius 1 is 1.07 bits per heavy atom. The molecule has 0 aromatic rings. The monoisotopic (exact) mass is 202 g/mol. The fourth-order valence-corrected chi connectivity index (χ4v) is 1.63. The summed E-state index contributed by atoms with van der Waals surface area (Å²) in [5.74, 6) is 0. The molecule has 0 saturated carbocycles. The van der Waals surface area contributed by atoms with Crippen LogP contribution in [-0.4, -0.2) is 47.8 Å². The predicted molar refractivity (Wildman–Crippen MR) is 61.5 cm³/mol. The first-order chi connectivity index (χ1) is 6.45. The highest BCUT2D eigenvalue weighted by molar-refractivity contribution is 4.68. The highest BCUT2D eigenvalue weighted by atomic mass is 16.3. The van der Waals surface area contributed by atoms with Gasteiger partial charge >= 0.3 is 0 Å². The van der Waals surface area contributed by atoms with E-state index in [1.165, 1.54) is 0 Å². The zero-order valence-electron chi connectivity index (χ0n) is 10.2. The van der Waals surface area contributed by atoms with Crippen LogP contribution in [0.5, 0.6) is 0 Å². The van der Waals surface area contributed by atoms with Crippen LogP contribution in [0.3, 0.4) is 0 Å². The number of hydrogen-bond donors (Lipinski definition) is 2. The summed E-state index contributed by atoms with van der Waals surface area (Å²) in [7, 11) is 0. The summed E-state index contributed by atoms with van der Waals surface area (Å²) in [6, 6.07) is 1.17. The fourth-order valence-electron chi connectivity index (χ4n) is 1.63. The Balaban J connectivity index is 3.62. The van der Waals surface area contributed by atoms with Crippen molar-refractivity contribution < 1.29 is 5.11 Å². The van der Waals surface area contributed by atoms with Crippen molar-refractivity contribution in [2.45, 2.75) is 52.8 Å². The molecule has 0 aromatic heterocycles. The van der Waals surface area contributed by atoms with E-state index in [2.05, 4.69) is 37.9 Å². The first kappa shape index (κ1) is 13.9. The Bertz CT molecular complexity index is 127. The topological polar surface area (TPSA) is 35.5 Å². The van der Waals surface area contributed by atoms with Crippen molar-refractivity contribution in [3.63, 3.8) is 0 Å². The maximum absolute atomic E-state index is 9.06. The quantitative estimate of drug-likeness (QED) is 0.606. The molecular weight excluding hydrogens is 176 g/mol.